The lowest BCUT2D eigenvalue weighted by molar-refractivity contribution is -0.148. The van der Waals surface area contributed by atoms with E-state index in [1.54, 1.807) is 14.2 Å². The predicted octanol–water partition coefficient (Wildman–Crippen LogP) is 0.185. The summed E-state index contributed by atoms with van der Waals surface area (Å²) in [4.78, 5) is 10.6. The molecule has 0 saturated carbocycles. The molecular weight excluding hydrogens is 176 g/mol. The summed E-state index contributed by atoms with van der Waals surface area (Å²) < 4.78 is 19.2. The predicted molar refractivity (Wildman–Crippen MR) is 45.3 cm³/mol. The zero-order valence-corrected chi connectivity index (χ0v) is 8.24. The summed E-state index contributed by atoms with van der Waals surface area (Å²) in [7, 11) is 4.42. The first-order valence-corrected chi connectivity index (χ1v) is 3.94. The van der Waals surface area contributed by atoms with Crippen molar-refractivity contribution in [1.29, 1.82) is 0 Å². The van der Waals surface area contributed by atoms with Crippen LogP contribution in [0.15, 0.2) is 0 Å². The minimum Gasteiger partial charge on any atom is -0.467 e. The van der Waals surface area contributed by atoms with Gasteiger partial charge in [0.05, 0.1) is 13.7 Å². The monoisotopic (exact) mass is 192 g/mol. The molecule has 5 nitrogen and oxygen atoms in total. The third-order valence-corrected chi connectivity index (χ3v) is 1.47. The molecule has 0 rings (SSSR count). The van der Waals surface area contributed by atoms with Crippen LogP contribution in [-0.2, 0) is 23.7 Å². The fraction of sp³-hybridized carbons (Fsp3) is 0.875. The van der Waals surface area contributed by atoms with E-state index in [-0.39, 0.29) is 18.9 Å². The van der Waals surface area contributed by atoms with Gasteiger partial charge >= 0.3 is 5.97 Å². The third kappa shape index (κ3) is 6.51. The summed E-state index contributed by atoms with van der Waals surface area (Å²) in [6.45, 7) is 0.373. The number of methoxy groups -OCH3 is 3. The summed E-state index contributed by atoms with van der Waals surface area (Å²) in [5, 5.41) is 0. The summed E-state index contributed by atoms with van der Waals surface area (Å²) in [5.74, 6) is -0.383. The normalized spacial score (nSPS) is 10.5. The standard InChI is InChI=1S/C8H16O5/c1-10-7(9)6-13-5-4-8(11-2)12-3/h8H,4-6H2,1-3H3. The molecule has 0 fully saturated rings. The Kier molecular flexibility index (Phi) is 7.57. The first-order chi connectivity index (χ1) is 6.24. The lowest BCUT2D eigenvalue weighted by Gasteiger charge is -2.12. The molecular formula is C8H16O5. The van der Waals surface area contributed by atoms with Crippen molar-refractivity contribution in [2.45, 2.75) is 12.7 Å². The number of carbonyl (C=O) groups is 1. The number of rotatable bonds is 7. The van der Waals surface area contributed by atoms with Gasteiger partial charge in [0.25, 0.3) is 0 Å². The molecule has 0 radical (unpaired) electrons. The van der Waals surface area contributed by atoms with Crippen LogP contribution in [0.3, 0.4) is 0 Å². The van der Waals surface area contributed by atoms with Crippen LogP contribution in [0.5, 0.6) is 0 Å². The van der Waals surface area contributed by atoms with Crippen LogP contribution in [0.1, 0.15) is 6.42 Å². The summed E-state index contributed by atoms with van der Waals surface area (Å²) >= 11 is 0. The number of esters is 1. The van der Waals surface area contributed by atoms with Crippen molar-refractivity contribution in [2.75, 3.05) is 34.5 Å². The van der Waals surface area contributed by atoms with Crippen molar-refractivity contribution in [1.82, 2.24) is 0 Å². The highest BCUT2D eigenvalue weighted by atomic mass is 16.7. The first kappa shape index (κ1) is 12.3. The number of hydrogen-bond donors (Lipinski definition) is 0. The van der Waals surface area contributed by atoms with Gasteiger partial charge in [-0.15, -0.1) is 0 Å². The molecule has 0 aromatic carbocycles. The van der Waals surface area contributed by atoms with E-state index < -0.39 is 0 Å². The molecule has 0 unspecified atom stereocenters. The van der Waals surface area contributed by atoms with Gasteiger partial charge in [-0.25, -0.2) is 4.79 Å². The van der Waals surface area contributed by atoms with E-state index in [9.17, 15) is 4.79 Å². The molecule has 13 heavy (non-hydrogen) atoms. The molecule has 78 valence electrons. The lowest BCUT2D eigenvalue weighted by Crippen LogP contribution is -2.18. The van der Waals surface area contributed by atoms with Gasteiger partial charge in [-0.1, -0.05) is 0 Å². The molecule has 0 spiro atoms. The highest BCUT2D eigenvalue weighted by molar-refractivity contribution is 5.70. The Hall–Kier alpha value is -0.650. The van der Waals surface area contributed by atoms with Crippen LogP contribution < -0.4 is 0 Å². The van der Waals surface area contributed by atoms with Crippen LogP contribution in [0, 0.1) is 0 Å². The summed E-state index contributed by atoms with van der Waals surface area (Å²) in [6, 6.07) is 0. The summed E-state index contributed by atoms with van der Waals surface area (Å²) in [6.07, 6.45) is 0.307. The second kappa shape index (κ2) is 7.97. The zero-order chi connectivity index (χ0) is 10.1. The fourth-order valence-corrected chi connectivity index (χ4v) is 0.726. The molecule has 0 saturated heterocycles. The molecule has 0 aromatic heterocycles. The maximum absolute atomic E-state index is 10.6. The van der Waals surface area contributed by atoms with Crippen LogP contribution in [0.25, 0.3) is 0 Å². The SMILES string of the molecule is COC(=O)COCCC(OC)OC. The molecule has 5 heteroatoms. The van der Waals surface area contributed by atoms with E-state index >= 15 is 0 Å². The van der Waals surface area contributed by atoms with Gasteiger partial charge in [0, 0.05) is 20.6 Å². The van der Waals surface area contributed by atoms with Gasteiger partial charge in [0.15, 0.2) is 6.29 Å². The van der Waals surface area contributed by atoms with Gasteiger partial charge in [-0.2, -0.15) is 0 Å². The number of carbonyl (C=O) groups excluding carboxylic acids is 1. The van der Waals surface area contributed by atoms with Crippen molar-refractivity contribution in [2.24, 2.45) is 0 Å². The zero-order valence-electron chi connectivity index (χ0n) is 8.24. The van der Waals surface area contributed by atoms with Crippen molar-refractivity contribution in [3.8, 4) is 0 Å². The Labute approximate surface area is 77.9 Å². The van der Waals surface area contributed by atoms with Crippen LogP contribution in [-0.4, -0.2) is 46.8 Å². The number of ether oxygens (including phenoxy) is 4. The van der Waals surface area contributed by atoms with Crippen molar-refractivity contribution >= 4 is 5.97 Å². The topological polar surface area (TPSA) is 54.0 Å². The molecule has 0 bridgehead atoms. The fourth-order valence-electron chi connectivity index (χ4n) is 0.726. The molecule has 0 amide bonds. The maximum Gasteiger partial charge on any atom is 0.331 e. The quantitative estimate of drug-likeness (QED) is 0.327. The molecule has 0 aromatic rings. The Bertz CT molecular complexity index is 132. The Morgan fingerprint density at radius 2 is 1.85 bits per heavy atom. The molecule has 0 aliphatic heterocycles. The Morgan fingerprint density at radius 3 is 2.31 bits per heavy atom. The average molecular weight is 192 g/mol. The van der Waals surface area contributed by atoms with E-state index in [0.29, 0.717) is 13.0 Å². The van der Waals surface area contributed by atoms with E-state index in [1.807, 2.05) is 0 Å². The molecule has 0 atom stereocenters. The van der Waals surface area contributed by atoms with Crippen molar-refractivity contribution in [3.63, 3.8) is 0 Å². The minimum atomic E-state index is -0.383. The first-order valence-electron chi connectivity index (χ1n) is 3.94. The lowest BCUT2D eigenvalue weighted by atomic mass is 10.4. The minimum absolute atomic E-state index is 0.0311. The third-order valence-electron chi connectivity index (χ3n) is 1.47. The highest BCUT2D eigenvalue weighted by Crippen LogP contribution is 1.97. The van der Waals surface area contributed by atoms with Crippen LogP contribution in [0.2, 0.25) is 0 Å². The smallest absolute Gasteiger partial charge is 0.331 e. The van der Waals surface area contributed by atoms with E-state index in [1.165, 1.54) is 7.11 Å². The van der Waals surface area contributed by atoms with Gasteiger partial charge in [0.2, 0.25) is 0 Å². The molecule has 0 heterocycles. The number of hydrogen-bond acceptors (Lipinski definition) is 5. The van der Waals surface area contributed by atoms with Gasteiger partial charge in [0.1, 0.15) is 6.61 Å². The second-order valence-corrected chi connectivity index (χ2v) is 2.32. The Balaban J connectivity index is 3.28. The maximum atomic E-state index is 10.6. The molecule has 0 aliphatic rings. The van der Waals surface area contributed by atoms with Gasteiger partial charge < -0.3 is 18.9 Å². The molecule has 0 N–H and O–H groups in total. The van der Waals surface area contributed by atoms with Crippen molar-refractivity contribution in [3.05, 3.63) is 0 Å². The Morgan fingerprint density at radius 1 is 1.23 bits per heavy atom. The van der Waals surface area contributed by atoms with Crippen molar-refractivity contribution < 1.29 is 23.7 Å². The summed E-state index contributed by atoms with van der Waals surface area (Å²) in [5.41, 5.74) is 0. The van der Waals surface area contributed by atoms with E-state index in [0.717, 1.165) is 0 Å². The molecule has 0 aliphatic carbocycles. The van der Waals surface area contributed by atoms with E-state index in [2.05, 4.69) is 4.74 Å². The van der Waals surface area contributed by atoms with Crippen LogP contribution in [0.4, 0.5) is 0 Å². The second-order valence-electron chi connectivity index (χ2n) is 2.32. The van der Waals surface area contributed by atoms with Crippen LogP contribution >= 0.6 is 0 Å². The van der Waals surface area contributed by atoms with Gasteiger partial charge in [-0.3, -0.25) is 0 Å². The van der Waals surface area contributed by atoms with E-state index in [4.69, 9.17) is 14.2 Å². The largest absolute Gasteiger partial charge is 0.467 e. The highest BCUT2D eigenvalue weighted by Gasteiger charge is 2.05. The average Bonchev–Trinajstić information content (AvgIpc) is 2.18. The van der Waals surface area contributed by atoms with Gasteiger partial charge in [-0.05, 0) is 0 Å².